The van der Waals surface area contributed by atoms with Crippen molar-refractivity contribution in [3.05, 3.63) is 47.1 Å². The van der Waals surface area contributed by atoms with Gasteiger partial charge >= 0.3 is 0 Å². The number of benzene rings is 1. The molecule has 1 aromatic carbocycles. The molecule has 0 aliphatic carbocycles. The van der Waals surface area contributed by atoms with E-state index >= 15 is 0 Å². The molecular weight excluding hydrogens is 338 g/mol. The van der Waals surface area contributed by atoms with Gasteiger partial charge in [0, 0.05) is 25.8 Å². The van der Waals surface area contributed by atoms with Crippen molar-refractivity contribution >= 4 is 38.9 Å². The molecule has 0 fully saturated rings. The van der Waals surface area contributed by atoms with E-state index in [1.807, 2.05) is 55.4 Å². The fourth-order valence-electron chi connectivity index (χ4n) is 1.41. The maximum atomic E-state index is 5.65. The summed E-state index contributed by atoms with van der Waals surface area (Å²) in [6.07, 6.45) is 0. The van der Waals surface area contributed by atoms with Gasteiger partial charge in [-0.2, -0.15) is 0 Å². The lowest BCUT2D eigenvalue weighted by molar-refractivity contribution is 0.462. The van der Waals surface area contributed by atoms with E-state index in [2.05, 4.69) is 26.2 Å². The summed E-state index contributed by atoms with van der Waals surface area (Å²) >= 11 is 8.49. The molecule has 6 heteroatoms. The number of ether oxygens (including phenoxy) is 1. The molecule has 1 heterocycles. The molecule has 104 valence electrons. The zero-order valence-electron chi connectivity index (χ0n) is 11.1. The zero-order valence-corrected chi connectivity index (χ0v) is 13.5. The Morgan fingerprint density at radius 2 is 1.90 bits per heavy atom. The van der Waals surface area contributed by atoms with Crippen LogP contribution in [0, 0.1) is 0 Å². The Morgan fingerprint density at radius 1 is 1.20 bits per heavy atom. The summed E-state index contributed by atoms with van der Waals surface area (Å²) in [5, 5.41) is 3.78. The first-order valence-electron chi connectivity index (χ1n) is 5.93. The maximum absolute atomic E-state index is 5.65. The third kappa shape index (κ3) is 4.18. The molecule has 0 amide bonds. The number of pyridine rings is 1. The van der Waals surface area contributed by atoms with Crippen LogP contribution in [0.25, 0.3) is 0 Å². The van der Waals surface area contributed by atoms with Gasteiger partial charge in [0.15, 0.2) is 5.11 Å². The molecule has 0 spiro atoms. The van der Waals surface area contributed by atoms with Crippen molar-refractivity contribution in [2.45, 2.75) is 0 Å². The summed E-state index contributed by atoms with van der Waals surface area (Å²) in [5.74, 6) is 1.26. The maximum Gasteiger partial charge on any atom is 0.220 e. The number of rotatable bonds is 3. The lowest BCUT2D eigenvalue weighted by Gasteiger charge is -2.15. The van der Waals surface area contributed by atoms with Gasteiger partial charge in [-0.1, -0.05) is 6.07 Å². The minimum absolute atomic E-state index is 0.545. The average Bonchev–Trinajstić information content (AvgIpc) is 2.41. The summed E-state index contributed by atoms with van der Waals surface area (Å²) in [6.45, 7) is 0. The number of thiocarbonyl (C=S) groups is 1. The van der Waals surface area contributed by atoms with Crippen molar-refractivity contribution in [2.24, 2.45) is 0 Å². The van der Waals surface area contributed by atoms with Crippen LogP contribution in [0.15, 0.2) is 47.1 Å². The number of nitrogens with zero attached hydrogens (tertiary/aromatic N) is 2. The zero-order chi connectivity index (χ0) is 14.5. The van der Waals surface area contributed by atoms with Gasteiger partial charge in [-0.3, -0.25) is 0 Å². The van der Waals surface area contributed by atoms with Gasteiger partial charge in [0.1, 0.15) is 10.4 Å². The molecular formula is C14H14BrN3OS. The Bertz CT molecular complexity index is 602. The number of nitrogens with one attached hydrogen (secondary N) is 1. The Morgan fingerprint density at radius 3 is 2.50 bits per heavy atom. The SMILES string of the molecule is CN(C)C(=S)Nc1ccc(Oc2cccc(Br)n2)cc1. The quantitative estimate of drug-likeness (QED) is 0.670. The van der Waals surface area contributed by atoms with E-state index < -0.39 is 0 Å². The van der Waals surface area contributed by atoms with E-state index in [0.29, 0.717) is 11.0 Å². The molecule has 1 N–H and O–H groups in total. The van der Waals surface area contributed by atoms with Crippen molar-refractivity contribution < 1.29 is 4.74 Å². The molecule has 0 saturated carbocycles. The third-order valence-corrected chi connectivity index (χ3v) is 3.33. The van der Waals surface area contributed by atoms with Crippen LogP contribution in [0.1, 0.15) is 0 Å². The number of hydrogen-bond acceptors (Lipinski definition) is 3. The molecule has 0 radical (unpaired) electrons. The van der Waals surface area contributed by atoms with E-state index in [1.165, 1.54) is 0 Å². The largest absolute Gasteiger partial charge is 0.439 e. The Balaban J connectivity index is 2.03. The second kappa shape index (κ2) is 6.67. The van der Waals surface area contributed by atoms with Crippen LogP contribution < -0.4 is 10.1 Å². The van der Waals surface area contributed by atoms with Gasteiger partial charge in [0.2, 0.25) is 5.88 Å². The van der Waals surface area contributed by atoms with E-state index in [1.54, 1.807) is 6.07 Å². The van der Waals surface area contributed by atoms with Gasteiger partial charge in [0.25, 0.3) is 0 Å². The van der Waals surface area contributed by atoms with Crippen LogP contribution in [0.2, 0.25) is 0 Å². The fraction of sp³-hybridized carbons (Fsp3) is 0.143. The smallest absolute Gasteiger partial charge is 0.220 e. The lowest BCUT2D eigenvalue weighted by Crippen LogP contribution is -2.26. The van der Waals surface area contributed by atoms with Crippen molar-refractivity contribution in [3.8, 4) is 11.6 Å². The van der Waals surface area contributed by atoms with Gasteiger partial charge in [-0.05, 0) is 58.5 Å². The van der Waals surface area contributed by atoms with Gasteiger partial charge in [-0.15, -0.1) is 0 Å². The fourth-order valence-corrected chi connectivity index (χ4v) is 1.85. The first-order valence-corrected chi connectivity index (χ1v) is 7.13. The van der Waals surface area contributed by atoms with Crippen LogP contribution in [-0.2, 0) is 0 Å². The van der Waals surface area contributed by atoms with Crippen molar-refractivity contribution in [3.63, 3.8) is 0 Å². The Labute approximate surface area is 131 Å². The highest BCUT2D eigenvalue weighted by Gasteiger charge is 2.02. The molecule has 0 aliphatic rings. The molecule has 0 unspecified atom stereocenters. The highest BCUT2D eigenvalue weighted by Crippen LogP contribution is 2.22. The van der Waals surface area contributed by atoms with Crippen LogP contribution in [0.4, 0.5) is 5.69 Å². The molecule has 20 heavy (non-hydrogen) atoms. The third-order valence-electron chi connectivity index (χ3n) is 2.42. The first kappa shape index (κ1) is 14.7. The molecule has 0 aliphatic heterocycles. The van der Waals surface area contributed by atoms with E-state index in [-0.39, 0.29) is 0 Å². The molecule has 0 atom stereocenters. The van der Waals surface area contributed by atoms with E-state index in [0.717, 1.165) is 16.0 Å². The number of aromatic nitrogens is 1. The monoisotopic (exact) mass is 351 g/mol. The highest BCUT2D eigenvalue weighted by atomic mass is 79.9. The Kier molecular flexibility index (Phi) is 4.92. The predicted molar refractivity (Wildman–Crippen MR) is 88.4 cm³/mol. The second-order valence-electron chi connectivity index (χ2n) is 4.25. The molecule has 0 bridgehead atoms. The molecule has 0 saturated heterocycles. The van der Waals surface area contributed by atoms with Crippen molar-refractivity contribution in [2.75, 3.05) is 19.4 Å². The molecule has 2 aromatic rings. The van der Waals surface area contributed by atoms with E-state index in [9.17, 15) is 0 Å². The minimum atomic E-state index is 0.545. The van der Waals surface area contributed by atoms with Crippen LogP contribution in [-0.4, -0.2) is 29.1 Å². The van der Waals surface area contributed by atoms with Gasteiger partial charge in [0.05, 0.1) is 0 Å². The van der Waals surface area contributed by atoms with Crippen molar-refractivity contribution in [1.29, 1.82) is 0 Å². The minimum Gasteiger partial charge on any atom is -0.439 e. The van der Waals surface area contributed by atoms with Crippen LogP contribution >= 0.6 is 28.1 Å². The highest BCUT2D eigenvalue weighted by molar-refractivity contribution is 9.10. The van der Waals surface area contributed by atoms with Crippen LogP contribution in [0.3, 0.4) is 0 Å². The van der Waals surface area contributed by atoms with Gasteiger partial charge in [-0.25, -0.2) is 4.98 Å². The summed E-state index contributed by atoms with van der Waals surface area (Å²) < 4.78 is 6.39. The average molecular weight is 352 g/mol. The standard InChI is InChI=1S/C14H14BrN3OS/c1-18(2)14(20)16-10-6-8-11(9-7-10)19-13-5-3-4-12(15)17-13/h3-9H,1-2H3,(H,16,20). The summed E-state index contributed by atoms with van der Waals surface area (Å²) in [6, 6.07) is 13.1. The number of anilines is 1. The second-order valence-corrected chi connectivity index (χ2v) is 5.45. The number of halogens is 1. The van der Waals surface area contributed by atoms with Crippen molar-refractivity contribution in [1.82, 2.24) is 9.88 Å². The number of hydrogen-bond donors (Lipinski definition) is 1. The van der Waals surface area contributed by atoms with E-state index in [4.69, 9.17) is 17.0 Å². The normalized spacial score (nSPS) is 9.95. The summed E-state index contributed by atoms with van der Waals surface area (Å²) in [7, 11) is 3.79. The Hall–Kier alpha value is -1.66. The molecule has 4 nitrogen and oxygen atoms in total. The lowest BCUT2D eigenvalue weighted by atomic mass is 10.3. The molecule has 2 rings (SSSR count). The topological polar surface area (TPSA) is 37.4 Å². The first-order chi connectivity index (χ1) is 9.54. The predicted octanol–water partition coefficient (Wildman–Crippen LogP) is 3.89. The van der Waals surface area contributed by atoms with Crippen LogP contribution in [0.5, 0.6) is 11.6 Å². The summed E-state index contributed by atoms with van der Waals surface area (Å²) in [4.78, 5) is 6.05. The van der Waals surface area contributed by atoms with Gasteiger partial charge < -0.3 is 15.0 Å². The molecule has 1 aromatic heterocycles. The summed E-state index contributed by atoms with van der Waals surface area (Å²) in [5.41, 5.74) is 0.915.